The van der Waals surface area contributed by atoms with Crippen LogP contribution in [0.25, 0.3) is 0 Å². The van der Waals surface area contributed by atoms with Gasteiger partial charge in [0, 0.05) is 12.6 Å². The fourth-order valence-electron chi connectivity index (χ4n) is 8.17. The molecule has 0 aromatic carbocycles. The largest absolute Gasteiger partial charge is 0.396 e. The molecule has 0 aromatic rings. The molecule has 4 N–H and O–H groups in total. The summed E-state index contributed by atoms with van der Waals surface area (Å²) < 4.78 is 0. The van der Waals surface area contributed by atoms with E-state index in [-0.39, 0.29) is 40.7 Å². The molecule has 0 spiro atoms. The maximum atomic E-state index is 14.4. The number of fused-ring (bicyclic) bond motifs is 1. The molecule has 7 nitrogen and oxygen atoms in total. The first kappa shape index (κ1) is 27.7. The number of ketones is 1. The van der Waals surface area contributed by atoms with Gasteiger partial charge in [0.15, 0.2) is 5.78 Å². The van der Waals surface area contributed by atoms with Crippen molar-refractivity contribution in [1.82, 2.24) is 15.5 Å². The molecule has 5 rings (SSSR count). The number of hydrogen-bond acceptors (Lipinski definition) is 5. The first-order valence-electron chi connectivity index (χ1n) is 15.5. The van der Waals surface area contributed by atoms with Gasteiger partial charge in [-0.15, -0.1) is 0 Å². The summed E-state index contributed by atoms with van der Waals surface area (Å²) in [5.74, 6) is 0.867. The molecule has 2 amide bonds. The van der Waals surface area contributed by atoms with Crippen molar-refractivity contribution in [1.29, 1.82) is 0 Å². The van der Waals surface area contributed by atoms with Crippen molar-refractivity contribution in [2.24, 2.45) is 34.8 Å². The predicted molar refractivity (Wildman–Crippen MR) is 149 cm³/mol. The number of piperidine rings is 1. The van der Waals surface area contributed by atoms with Gasteiger partial charge >= 0.3 is 0 Å². The number of likely N-dealkylation sites (tertiary alicyclic amines) is 1. The Morgan fingerprint density at radius 3 is 2.16 bits per heavy atom. The maximum Gasteiger partial charge on any atom is 0.243 e. The number of nitrogens with zero attached hydrogens (tertiary/aromatic N) is 1. The van der Waals surface area contributed by atoms with E-state index in [1.807, 2.05) is 4.90 Å². The number of nitrogens with two attached hydrogens (primary N) is 1. The summed E-state index contributed by atoms with van der Waals surface area (Å²) in [5.41, 5.74) is 5.82. The Bertz CT molecular complexity index is 916. The van der Waals surface area contributed by atoms with Crippen LogP contribution in [-0.4, -0.2) is 53.2 Å². The summed E-state index contributed by atoms with van der Waals surface area (Å²) in [4.78, 5) is 43.1. The van der Waals surface area contributed by atoms with Crippen LogP contribution in [0.1, 0.15) is 104 Å². The number of carbonyl (C=O) groups excluding carboxylic acids is 3. The molecule has 7 heteroatoms. The lowest BCUT2D eigenvalue weighted by molar-refractivity contribution is -0.144. The third-order valence-corrected chi connectivity index (χ3v) is 10.9. The maximum absolute atomic E-state index is 14.4. The van der Waals surface area contributed by atoms with Crippen LogP contribution in [0, 0.1) is 29.1 Å². The highest BCUT2D eigenvalue weighted by Gasteiger charge is 2.69. The Kier molecular flexibility index (Phi) is 8.23. The molecule has 5 atom stereocenters. The van der Waals surface area contributed by atoms with Crippen molar-refractivity contribution in [2.45, 2.75) is 128 Å². The summed E-state index contributed by atoms with van der Waals surface area (Å²) in [7, 11) is 0. The van der Waals surface area contributed by atoms with Gasteiger partial charge in [-0.05, 0) is 61.2 Å². The minimum atomic E-state index is -0.655. The van der Waals surface area contributed by atoms with Crippen molar-refractivity contribution >= 4 is 17.6 Å². The molecule has 38 heavy (non-hydrogen) atoms. The number of nitrogens with one attached hydrogen (secondary N) is 2. The van der Waals surface area contributed by atoms with Gasteiger partial charge in [0.05, 0.1) is 17.8 Å². The lowest BCUT2D eigenvalue weighted by atomic mass is 9.80. The zero-order valence-electron chi connectivity index (χ0n) is 23.7. The highest BCUT2D eigenvalue weighted by molar-refractivity contribution is 6.01. The normalized spacial score (nSPS) is 31.1. The Balaban J connectivity index is 1.35. The standard InChI is InChI=1S/C31H50N4O3/c1-19(32)28(36)24(17-20-11-10-12-20)34-29(37)27-25-23(31(25,2)3)18-35(27)30(38)26(21-13-6-4-7-14-21)33-22-15-8-5-9-16-22/h20-27,33H,1,4-18,32H2,2-3H3,(H,34,37)/t23?,24?,25-,26?,27?/m1/s1. The van der Waals surface area contributed by atoms with Crippen molar-refractivity contribution in [3.05, 3.63) is 12.3 Å². The number of carbonyl (C=O) groups is 3. The van der Waals surface area contributed by atoms with Crippen LogP contribution >= 0.6 is 0 Å². The molecule has 5 aliphatic rings. The van der Waals surface area contributed by atoms with E-state index in [1.54, 1.807) is 0 Å². The third kappa shape index (κ3) is 5.55. The zero-order chi connectivity index (χ0) is 27.0. The summed E-state index contributed by atoms with van der Waals surface area (Å²) in [6, 6.07) is -1.01. The summed E-state index contributed by atoms with van der Waals surface area (Å²) >= 11 is 0. The fourth-order valence-corrected chi connectivity index (χ4v) is 8.17. The molecule has 212 valence electrons. The lowest BCUT2D eigenvalue weighted by Crippen LogP contribution is -2.60. The highest BCUT2D eigenvalue weighted by Crippen LogP contribution is 2.65. The average molecular weight is 527 g/mol. The Morgan fingerprint density at radius 2 is 1.58 bits per heavy atom. The minimum Gasteiger partial charge on any atom is -0.396 e. The topological polar surface area (TPSA) is 105 Å². The van der Waals surface area contributed by atoms with Crippen molar-refractivity contribution in [2.75, 3.05) is 6.54 Å². The first-order chi connectivity index (χ1) is 18.2. The van der Waals surface area contributed by atoms with E-state index in [4.69, 9.17) is 5.73 Å². The molecule has 4 saturated carbocycles. The Morgan fingerprint density at radius 1 is 0.947 bits per heavy atom. The number of hydrogen-bond donors (Lipinski definition) is 3. The van der Waals surface area contributed by atoms with E-state index in [0.29, 0.717) is 36.8 Å². The van der Waals surface area contributed by atoms with E-state index in [9.17, 15) is 14.4 Å². The molecule has 4 unspecified atom stereocenters. The molecule has 1 saturated heterocycles. The SMILES string of the molecule is C=C(N)C(=O)C(CC1CCC1)NC(=O)C1[C@H]2C(CN1C(=O)C(NC1CCCCC1)C1CCCCC1)C2(C)C. The van der Waals surface area contributed by atoms with E-state index in [0.717, 1.165) is 38.5 Å². The van der Waals surface area contributed by atoms with Gasteiger partial charge in [-0.25, -0.2) is 0 Å². The molecular formula is C31H50N4O3. The highest BCUT2D eigenvalue weighted by atomic mass is 16.2. The Hall–Kier alpha value is -1.89. The number of amides is 2. The van der Waals surface area contributed by atoms with Crippen molar-refractivity contribution in [3.63, 3.8) is 0 Å². The summed E-state index contributed by atoms with van der Waals surface area (Å²) in [6.07, 6.45) is 15.7. The van der Waals surface area contributed by atoms with Crippen LogP contribution < -0.4 is 16.4 Å². The molecule has 0 aromatic heterocycles. The van der Waals surface area contributed by atoms with Crippen LogP contribution in [0.15, 0.2) is 12.3 Å². The molecule has 1 aliphatic heterocycles. The van der Waals surface area contributed by atoms with E-state index in [2.05, 4.69) is 31.1 Å². The second-order valence-electron chi connectivity index (χ2n) is 13.7. The van der Waals surface area contributed by atoms with Crippen molar-refractivity contribution < 1.29 is 14.4 Å². The Labute approximate surface area is 229 Å². The van der Waals surface area contributed by atoms with Gasteiger partial charge in [0.25, 0.3) is 0 Å². The quantitative estimate of drug-likeness (QED) is 0.373. The summed E-state index contributed by atoms with van der Waals surface area (Å²) in [6.45, 7) is 8.71. The van der Waals surface area contributed by atoms with E-state index in [1.165, 1.54) is 44.9 Å². The van der Waals surface area contributed by atoms with Crippen LogP contribution in [0.4, 0.5) is 0 Å². The fraction of sp³-hybridized carbons (Fsp3) is 0.839. The molecular weight excluding hydrogens is 476 g/mol. The molecule has 5 fully saturated rings. The van der Waals surface area contributed by atoms with E-state index >= 15 is 0 Å². The molecule has 0 radical (unpaired) electrons. The monoisotopic (exact) mass is 526 g/mol. The minimum absolute atomic E-state index is 0.00680. The molecule has 0 bridgehead atoms. The second-order valence-corrected chi connectivity index (χ2v) is 13.7. The van der Waals surface area contributed by atoms with Crippen LogP contribution in [0.5, 0.6) is 0 Å². The molecule has 4 aliphatic carbocycles. The zero-order valence-corrected chi connectivity index (χ0v) is 23.7. The van der Waals surface area contributed by atoms with Crippen LogP contribution in [-0.2, 0) is 14.4 Å². The van der Waals surface area contributed by atoms with Gasteiger partial charge in [-0.3, -0.25) is 14.4 Å². The average Bonchev–Trinajstić information content (AvgIpc) is 3.21. The van der Waals surface area contributed by atoms with Crippen LogP contribution in [0.2, 0.25) is 0 Å². The number of rotatable bonds is 10. The van der Waals surface area contributed by atoms with Gasteiger partial charge in [-0.2, -0.15) is 0 Å². The van der Waals surface area contributed by atoms with Gasteiger partial charge in [-0.1, -0.05) is 78.2 Å². The first-order valence-corrected chi connectivity index (χ1v) is 15.5. The lowest BCUT2D eigenvalue weighted by Gasteiger charge is -2.39. The smallest absolute Gasteiger partial charge is 0.243 e. The predicted octanol–water partition coefficient (Wildman–Crippen LogP) is 4.06. The van der Waals surface area contributed by atoms with Gasteiger partial charge in [0.2, 0.25) is 11.8 Å². The third-order valence-electron chi connectivity index (χ3n) is 10.9. The van der Waals surface area contributed by atoms with Crippen molar-refractivity contribution in [3.8, 4) is 0 Å². The second kappa shape index (κ2) is 11.3. The molecule has 1 heterocycles. The van der Waals surface area contributed by atoms with Crippen LogP contribution in [0.3, 0.4) is 0 Å². The van der Waals surface area contributed by atoms with Gasteiger partial charge < -0.3 is 21.3 Å². The summed E-state index contributed by atoms with van der Waals surface area (Å²) in [5, 5.41) is 6.90. The van der Waals surface area contributed by atoms with Gasteiger partial charge in [0.1, 0.15) is 6.04 Å². The number of Topliss-reactive ketones (excluding diaryl/α,β-unsaturated/α-hetero) is 1. The van der Waals surface area contributed by atoms with E-state index < -0.39 is 12.1 Å².